The second-order valence-electron chi connectivity index (χ2n) is 4.20. The van der Waals surface area contributed by atoms with Gasteiger partial charge < -0.3 is 16.2 Å². The molecule has 1 amide bonds. The van der Waals surface area contributed by atoms with E-state index in [1.54, 1.807) is 36.5 Å². The van der Waals surface area contributed by atoms with Crippen molar-refractivity contribution in [2.24, 2.45) is 11.5 Å². The van der Waals surface area contributed by atoms with E-state index in [1.165, 1.54) is 0 Å². The van der Waals surface area contributed by atoms with E-state index >= 15 is 0 Å². The average Bonchev–Trinajstić information content (AvgIpc) is 2.40. The highest BCUT2D eigenvalue weighted by Gasteiger charge is 2.03. The van der Waals surface area contributed by atoms with Crippen molar-refractivity contribution in [2.75, 3.05) is 0 Å². The zero-order valence-electron chi connectivity index (χ0n) is 10.5. The van der Waals surface area contributed by atoms with Crippen molar-refractivity contribution in [1.82, 2.24) is 4.98 Å². The molecule has 19 heavy (non-hydrogen) atoms. The van der Waals surface area contributed by atoms with Gasteiger partial charge in [0.15, 0.2) is 0 Å². The summed E-state index contributed by atoms with van der Waals surface area (Å²) in [6.45, 7) is 1.87. The summed E-state index contributed by atoms with van der Waals surface area (Å²) in [6, 6.07) is 10.1. The van der Waals surface area contributed by atoms with Crippen molar-refractivity contribution in [3.63, 3.8) is 0 Å². The molecule has 0 saturated carbocycles. The number of hydrogen-bond donors (Lipinski definition) is 2. The van der Waals surface area contributed by atoms with E-state index in [0.29, 0.717) is 17.1 Å². The molecular formula is C14H15N3O2. The van der Waals surface area contributed by atoms with Crippen molar-refractivity contribution in [2.45, 2.75) is 13.0 Å². The van der Waals surface area contributed by atoms with Crippen LogP contribution in [0.1, 0.15) is 29.0 Å². The molecule has 1 aromatic carbocycles. The summed E-state index contributed by atoms with van der Waals surface area (Å²) in [5.41, 5.74) is 12.1. The predicted molar refractivity (Wildman–Crippen MR) is 71.9 cm³/mol. The fourth-order valence-corrected chi connectivity index (χ4v) is 1.54. The largest absolute Gasteiger partial charge is 0.456 e. The third kappa shape index (κ3) is 3.29. The van der Waals surface area contributed by atoms with E-state index in [4.69, 9.17) is 16.2 Å². The molecule has 0 unspecified atom stereocenters. The standard InChI is InChI=1S/C14H15N3O2/c1-9(15)13-7-6-12(8-17-13)19-11-4-2-10(3-5-11)14(16)18/h2-9H,15H2,1H3,(H2,16,18)/t9-/m1/s1. The third-order valence-corrected chi connectivity index (χ3v) is 2.60. The Morgan fingerprint density at radius 2 is 1.79 bits per heavy atom. The maximum absolute atomic E-state index is 10.9. The Morgan fingerprint density at radius 1 is 1.16 bits per heavy atom. The molecule has 0 fully saturated rings. The lowest BCUT2D eigenvalue weighted by Crippen LogP contribution is -2.10. The summed E-state index contributed by atoms with van der Waals surface area (Å²) in [5.74, 6) is 0.756. The van der Waals surface area contributed by atoms with Crippen LogP contribution in [0.2, 0.25) is 0 Å². The Labute approximate surface area is 111 Å². The van der Waals surface area contributed by atoms with Crippen molar-refractivity contribution < 1.29 is 9.53 Å². The second kappa shape index (κ2) is 5.49. The van der Waals surface area contributed by atoms with E-state index in [1.807, 2.05) is 13.0 Å². The number of primary amides is 1. The topological polar surface area (TPSA) is 91.2 Å². The molecule has 1 atom stereocenters. The van der Waals surface area contributed by atoms with Gasteiger partial charge in [-0.3, -0.25) is 9.78 Å². The molecule has 1 aromatic heterocycles. The van der Waals surface area contributed by atoms with E-state index in [2.05, 4.69) is 4.98 Å². The van der Waals surface area contributed by atoms with E-state index in [0.717, 1.165) is 5.69 Å². The Bertz CT molecular complexity index is 562. The van der Waals surface area contributed by atoms with Crippen molar-refractivity contribution >= 4 is 5.91 Å². The van der Waals surface area contributed by atoms with Crippen molar-refractivity contribution in [3.05, 3.63) is 53.9 Å². The molecule has 0 spiro atoms. The monoisotopic (exact) mass is 257 g/mol. The number of hydrogen-bond acceptors (Lipinski definition) is 4. The molecule has 0 aliphatic carbocycles. The summed E-state index contributed by atoms with van der Waals surface area (Å²) in [4.78, 5) is 15.1. The zero-order chi connectivity index (χ0) is 13.8. The first-order valence-electron chi connectivity index (χ1n) is 5.85. The lowest BCUT2D eigenvalue weighted by Gasteiger charge is -2.08. The molecule has 0 aliphatic heterocycles. The molecule has 2 aromatic rings. The maximum atomic E-state index is 10.9. The molecule has 0 aliphatic rings. The highest BCUT2D eigenvalue weighted by atomic mass is 16.5. The van der Waals surface area contributed by atoms with Crippen LogP contribution in [0, 0.1) is 0 Å². The number of nitrogens with zero attached hydrogens (tertiary/aromatic N) is 1. The molecule has 4 N–H and O–H groups in total. The average molecular weight is 257 g/mol. The number of carbonyl (C=O) groups is 1. The van der Waals surface area contributed by atoms with E-state index < -0.39 is 5.91 Å². The normalized spacial score (nSPS) is 11.9. The number of amides is 1. The number of carbonyl (C=O) groups excluding carboxylic acids is 1. The fraction of sp³-hybridized carbons (Fsp3) is 0.143. The van der Waals surface area contributed by atoms with E-state index in [-0.39, 0.29) is 6.04 Å². The smallest absolute Gasteiger partial charge is 0.248 e. The lowest BCUT2D eigenvalue weighted by atomic mass is 10.2. The van der Waals surface area contributed by atoms with Gasteiger partial charge in [0.25, 0.3) is 0 Å². The first-order valence-corrected chi connectivity index (χ1v) is 5.85. The molecule has 0 radical (unpaired) electrons. The van der Waals surface area contributed by atoms with Gasteiger partial charge in [-0.15, -0.1) is 0 Å². The van der Waals surface area contributed by atoms with Crippen molar-refractivity contribution in [1.29, 1.82) is 0 Å². The maximum Gasteiger partial charge on any atom is 0.248 e. The van der Waals surface area contributed by atoms with Crippen LogP contribution >= 0.6 is 0 Å². The molecule has 1 heterocycles. The number of aromatic nitrogens is 1. The van der Waals surface area contributed by atoms with Crippen LogP contribution in [0.15, 0.2) is 42.6 Å². The summed E-state index contributed by atoms with van der Waals surface area (Å²) in [7, 11) is 0. The summed E-state index contributed by atoms with van der Waals surface area (Å²) >= 11 is 0. The number of ether oxygens (including phenoxy) is 1. The number of nitrogens with two attached hydrogens (primary N) is 2. The van der Waals surface area contributed by atoms with Crippen LogP contribution in [0.5, 0.6) is 11.5 Å². The van der Waals surface area contributed by atoms with Gasteiger partial charge in [-0.2, -0.15) is 0 Å². The van der Waals surface area contributed by atoms with Gasteiger partial charge in [0.1, 0.15) is 11.5 Å². The van der Waals surface area contributed by atoms with Crippen LogP contribution in [0.3, 0.4) is 0 Å². The fourth-order valence-electron chi connectivity index (χ4n) is 1.54. The van der Waals surface area contributed by atoms with Crippen molar-refractivity contribution in [3.8, 4) is 11.5 Å². The third-order valence-electron chi connectivity index (χ3n) is 2.60. The zero-order valence-corrected chi connectivity index (χ0v) is 10.5. The molecule has 2 rings (SSSR count). The number of benzene rings is 1. The Balaban J connectivity index is 2.10. The van der Waals surface area contributed by atoms with Crippen LogP contribution in [-0.2, 0) is 0 Å². The summed E-state index contributed by atoms with van der Waals surface area (Å²) in [6.07, 6.45) is 1.61. The van der Waals surface area contributed by atoms with Crippen LogP contribution in [-0.4, -0.2) is 10.9 Å². The Hall–Kier alpha value is -2.40. The van der Waals surface area contributed by atoms with E-state index in [9.17, 15) is 4.79 Å². The predicted octanol–water partition coefficient (Wildman–Crippen LogP) is 1.99. The minimum atomic E-state index is -0.463. The van der Waals surface area contributed by atoms with Crippen LogP contribution < -0.4 is 16.2 Å². The quantitative estimate of drug-likeness (QED) is 0.876. The lowest BCUT2D eigenvalue weighted by molar-refractivity contribution is 0.100. The van der Waals surface area contributed by atoms with Crippen LogP contribution in [0.25, 0.3) is 0 Å². The SMILES string of the molecule is C[C@@H](N)c1ccc(Oc2ccc(C(N)=O)cc2)cn1. The minimum Gasteiger partial charge on any atom is -0.456 e. The molecule has 0 saturated heterocycles. The van der Waals surface area contributed by atoms with Gasteiger partial charge in [-0.25, -0.2) is 0 Å². The molecule has 5 heteroatoms. The van der Waals surface area contributed by atoms with Gasteiger partial charge >= 0.3 is 0 Å². The molecule has 98 valence electrons. The molecule has 0 bridgehead atoms. The van der Waals surface area contributed by atoms with Gasteiger partial charge in [-0.1, -0.05) is 0 Å². The minimum absolute atomic E-state index is 0.107. The molecule has 5 nitrogen and oxygen atoms in total. The molecular weight excluding hydrogens is 242 g/mol. The Kier molecular flexibility index (Phi) is 3.77. The van der Waals surface area contributed by atoms with Crippen LogP contribution in [0.4, 0.5) is 0 Å². The number of pyridine rings is 1. The Morgan fingerprint density at radius 3 is 2.26 bits per heavy atom. The summed E-state index contributed by atoms with van der Waals surface area (Å²) in [5, 5.41) is 0. The highest BCUT2D eigenvalue weighted by Crippen LogP contribution is 2.21. The van der Waals surface area contributed by atoms with Gasteiger partial charge in [0.05, 0.1) is 11.9 Å². The first kappa shape index (κ1) is 13.0. The van der Waals surface area contributed by atoms with Gasteiger partial charge in [0, 0.05) is 11.6 Å². The second-order valence-corrected chi connectivity index (χ2v) is 4.20. The highest BCUT2D eigenvalue weighted by molar-refractivity contribution is 5.92. The van der Waals surface area contributed by atoms with Gasteiger partial charge in [0.2, 0.25) is 5.91 Å². The first-order chi connectivity index (χ1) is 9.06. The number of rotatable bonds is 4. The van der Waals surface area contributed by atoms with Gasteiger partial charge in [-0.05, 0) is 43.3 Å². The summed E-state index contributed by atoms with van der Waals surface area (Å²) < 4.78 is 5.59.